The maximum atomic E-state index is 5.53. The van der Waals surface area contributed by atoms with Crippen molar-refractivity contribution in [1.82, 2.24) is 4.98 Å². The molecule has 0 radical (unpaired) electrons. The summed E-state index contributed by atoms with van der Waals surface area (Å²) in [7, 11) is 0. The van der Waals surface area contributed by atoms with Gasteiger partial charge >= 0.3 is 0 Å². The van der Waals surface area contributed by atoms with E-state index in [1.54, 1.807) is 0 Å². The van der Waals surface area contributed by atoms with Crippen LogP contribution in [0.4, 0.5) is 0 Å². The van der Waals surface area contributed by atoms with E-state index in [1.165, 1.54) is 0 Å². The monoisotopic (exact) mass is 226 g/mol. The zero-order chi connectivity index (χ0) is 8.55. The molecule has 2 N–H and O–H groups in total. The summed E-state index contributed by atoms with van der Waals surface area (Å²) < 4.78 is 5.26. The van der Waals surface area contributed by atoms with Gasteiger partial charge in [-0.1, -0.05) is 12.1 Å². The highest BCUT2D eigenvalue weighted by molar-refractivity contribution is 9.10. The van der Waals surface area contributed by atoms with Crippen molar-refractivity contribution in [2.24, 2.45) is 5.73 Å². The van der Waals surface area contributed by atoms with Gasteiger partial charge in [0.05, 0.1) is 0 Å². The molecule has 12 heavy (non-hydrogen) atoms. The summed E-state index contributed by atoms with van der Waals surface area (Å²) in [5, 5.41) is 0. The lowest BCUT2D eigenvalue weighted by molar-refractivity contribution is 0.570. The number of fused-ring (bicyclic) bond motifs is 1. The minimum Gasteiger partial charge on any atom is -0.431 e. The van der Waals surface area contributed by atoms with Crippen molar-refractivity contribution in [1.29, 1.82) is 0 Å². The van der Waals surface area contributed by atoms with E-state index < -0.39 is 0 Å². The molecule has 1 aromatic heterocycles. The van der Waals surface area contributed by atoms with E-state index in [9.17, 15) is 0 Å². The second-order valence-corrected chi connectivity index (χ2v) is 3.11. The lowest BCUT2D eigenvalue weighted by atomic mass is 10.2. The molecule has 1 heterocycles. The summed E-state index contributed by atoms with van der Waals surface area (Å²) in [4.78, 5) is 4.65. The molecule has 2 aromatic rings. The molecule has 0 atom stereocenters. The number of para-hydroxylation sites is 1. The molecule has 2 rings (SSSR count). The van der Waals surface area contributed by atoms with E-state index in [0.717, 1.165) is 16.7 Å². The summed E-state index contributed by atoms with van der Waals surface area (Å²) in [6.45, 7) is 0.482. The zero-order valence-corrected chi connectivity index (χ0v) is 7.84. The Morgan fingerprint density at radius 1 is 1.50 bits per heavy atom. The summed E-state index contributed by atoms with van der Waals surface area (Å²) >= 11 is 3.17. The third kappa shape index (κ3) is 1.13. The molecular formula is C8H7BrN2O. The molecule has 0 fully saturated rings. The molecule has 0 aliphatic carbocycles. The van der Waals surface area contributed by atoms with E-state index in [4.69, 9.17) is 10.2 Å². The summed E-state index contributed by atoms with van der Waals surface area (Å²) in [5.41, 5.74) is 8.14. The summed E-state index contributed by atoms with van der Waals surface area (Å²) in [5.74, 6) is 0. The van der Waals surface area contributed by atoms with Crippen molar-refractivity contribution in [3.8, 4) is 0 Å². The average molecular weight is 227 g/mol. The molecule has 0 unspecified atom stereocenters. The quantitative estimate of drug-likeness (QED) is 0.810. The third-order valence-corrected chi connectivity index (χ3v) is 2.04. The third-order valence-electron chi connectivity index (χ3n) is 1.70. The predicted molar refractivity (Wildman–Crippen MR) is 49.6 cm³/mol. The van der Waals surface area contributed by atoms with Gasteiger partial charge in [-0.25, -0.2) is 4.98 Å². The standard InChI is InChI=1S/C8H7BrN2O/c9-8-11-7-5(4-10)2-1-3-6(7)12-8/h1-3H,4,10H2. The second kappa shape index (κ2) is 2.88. The molecule has 3 nitrogen and oxygen atoms in total. The van der Waals surface area contributed by atoms with Gasteiger partial charge < -0.3 is 10.2 Å². The largest absolute Gasteiger partial charge is 0.431 e. The Hall–Kier alpha value is -0.870. The van der Waals surface area contributed by atoms with E-state index in [-0.39, 0.29) is 0 Å². The summed E-state index contributed by atoms with van der Waals surface area (Å²) in [6, 6.07) is 5.71. The molecule has 0 amide bonds. The fourth-order valence-corrected chi connectivity index (χ4v) is 1.49. The van der Waals surface area contributed by atoms with Crippen molar-refractivity contribution in [3.05, 3.63) is 28.6 Å². The van der Waals surface area contributed by atoms with Gasteiger partial charge in [-0.2, -0.15) is 0 Å². The molecule has 0 spiro atoms. The zero-order valence-electron chi connectivity index (χ0n) is 6.25. The Morgan fingerprint density at radius 2 is 2.33 bits per heavy atom. The molecule has 1 aromatic carbocycles. The molecule has 62 valence electrons. The lowest BCUT2D eigenvalue weighted by Gasteiger charge is -1.93. The van der Waals surface area contributed by atoms with Crippen molar-refractivity contribution in [2.75, 3.05) is 0 Å². The van der Waals surface area contributed by atoms with Gasteiger partial charge in [0, 0.05) is 22.5 Å². The van der Waals surface area contributed by atoms with Gasteiger partial charge in [-0.3, -0.25) is 0 Å². The smallest absolute Gasteiger partial charge is 0.265 e. The van der Waals surface area contributed by atoms with Gasteiger partial charge in [-0.05, 0) is 11.6 Å². The Morgan fingerprint density at radius 3 is 3.08 bits per heavy atom. The van der Waals surface area contributed by atoms with Gasteiger partial charge in [0.15, 0.2) is 5.58 Å². The van der Waals surface area contributed by atoms with Crippen molar-refractivity contribution in [3.63, 3.8) is 0 Å². The minimum atomic E-state index is 0.482. The normalized spacial score (nSPS) is 10.8. The fourth-order valence-electron chi connectivity index (χ4n) is 1.14. The van der Waals surface area contributed by atoms with Crippen LogP contribution in [-0.4, -0.2) is 4.98 Å². The average Bonchev–Trinajstić information content (AvgIpc) is 2.44. The van der Waals surface area contributed by atoms with Crippen LogP contribution >= 0.6 is 15.9 Å². The maximum Gasteiger partial charge on any atom is 0.265 e. The number of nitrogens with two attached hydrogens (primary N) is 1. The van der Waals surface area contributed by atoms with Gasteiger partial charge in [0.2, 0.25) is 0 Å². The van der Waals surface area contributed by atoms with Gasteiger partial charge in [-0.15, -0.1) is 0 Å². The number of benzene rings is 1. The van der Waals surface area contributed by atoms with Gasteiger partial charge in [0.1, 0.15) is 5.52 Å². The molecule has 0 bridgehead atoms. The summed E-state index contributed by atoms with van der Waals surface area (Å²) in [6.07, 6.45) is 0. The van der Waals surface area contributed by atoms with Crippen LogP contribution in [-0.2, 0) is 6.54 Å². The van der Waals surface area contributed by atoms with Crippen LogP contribution in [0.2, 0.25) is 0 Å². The van der Waals surface area contributed by atoms with E-state index in [2.05, 4.69) is 20.9 Å². The van der Waals surface area contributed by atoms with E-state index in [0.29, 0.717) is 11.3 Å². The lowest BCUT2D eigenvalue weighted by Crippen LogP contribution is -1.96. The van der Waals surface area contributed by atoms with Crippen LogP contribution < -0.4 is 5.73 Å². The number of rotatable bonds is 1. The van der Waals surface area contributed by atoms with E-state index >= 15 is 0 Å². The first-order chi connectivity index (χ1) is 5.81. The number of nitrogens with zero attached hydrogens (tertiary/aromatic N) is 1. The molecule has 0 aliphatic heterocycles. The number of hydrogen-bond donors (Lipinski definition) is 1. The molecular weight excluding hydrogens is 220 g/mol. The second-order valence-electron chi connectivity index (χ2n) is 2.43. The highest BCUT2D eigenvalue weighted by atomic mass is 79.9. The highest BCUT2D eigenvalue weighted by Gasteiger charge is 2.05. The van der Waals surface area contributed by atoms with Crippen molar-refractivity contribution >= 4 is 27.0 Å². The first-order valence-electron chi connectivity index (χ1n) is 3.55. The van der Waals surface area contributed by atoms with Crippen LogP contribution in [0.3, 0.4) is 0 Å². The van der Waals surface area contributed by atoms with Crippen LogP contribution in [0.25, 0.3) is 11.1 Å². The Bertz CT molecular complexity index is 410. The van der Waals surface area contributed by atoms with Crippen LogP contribution in [0.15, 0.2) is 27.4 Å². The van der Waals surface area contributed by atoms with Crippen LogP contribution in [0.1, 0.15) is 5.56 Å². The number of hydrogen-bond acceptors (Lipinski definition) is 3. The van der Waals surface area contributed by atoms with Crippen molar-refractivity contribution in [2.45, 2.75) is 6.54 Å². The van der Waals surface area contributed by atoms with Crippen molar-refractivity contribution < 1.29 is 4.42 Å². The number of aromatic nitrogens is 1. The SMILES string of the molecule is NCc1cccc2oc(Br)nc12. The molecule has 4 heteroatoms. The molecule has 0 aliphatic rings. The van der Waals surface area contributed by atoms with Crippen LogP contribution in [0, 0.1) is 0 Å². The Balaban J connectivity index is 2.78. The van der Waals surface area contributed by atoms with E-state index in [1.807, 2.05) is 18.2 Å². The topological polar surface area (TPSA) is 52.0 Å². The molecule has 0 saturated carbocycles. The highest BCUT2D eigenvalue weighted by Crippen LogP contribution is 2.21. The minimum absolute atomic E-state index is 0.482. The Kier molecular flexibility index (Phi) is 1.86. The predicted octanol–water partition coefficient (Wildman–Crippen LogP) is 2.05. The molecule has 0 saturated heterocycles. The van der Waals surface area contributed by atoms with Gasteiger partial charge in [0.25, 0.3) is 4.80 Å². The first kappa shape index (κ1) is 7.76. The van der Waals surface area contributed by atoms with Crippen LogP contribution in [0.5, 0.6) is 0 Å². The first-order valence-corrected chi connectivity index (χ1v) is 4.34. The maximum absolute atomic E-state index is 5.53. The number of halogens is 1. The fraction of sp³-hybridized carbons (Fsp3) is 0.125. The Labute approximate surface area is 77.7 Å². The number of oxazole rings is 1.